The molecule has 0 aromatic carbocycles. The van der Waals surface area contributed by atoms with E-state index in [1.807, 2.05) is 0 Å². The Kier molecular flexibility index (Phi) is 11.1. The number of carbonyl (C=O) groups is 2. The minimum absolute atomic E-state index is 0.336. The Balaban J connectivity index is 0.000000333. The van der Waals surface area contributed by atoms with E-state index < -0.39 is 11.9 Å². The molecule has 4 N–H and O–H groups in total. The summed E-state index contributed by atoms with van der Waals surface area (Å²) in [5.41, 5.74) is 0. The average Bonchev–Trinajstić information content (AvgIpc) is 3.11. The second-order valence-corrected chi connectivity index (χ2v) is 6.65. The van der Waals surface area contributed by atoms with Crippen molar-refractivity contribution in [3.8, 4) is 0 Å². The van der Waals surface area contributed by atoms with Gasteiger partial charge in [-0.25, -0.2) is 9.59 Å². The maximum absolute atomic E-state index is 9.85. The molecule has 1 unspecified atom stereocenters. The lowest BCUT2D eigenvalue weighted by atomic mass is 9.95. The van der Waals surface area contributed by atoms with E-state index in [9.17, 15) is 14.7 Å². The molecule has 2 aliphatic rings. The zero-order valence-electron chi connectivity index (χ0n) is 14.7. The Labute approximate surface area is 149 Å². The summed E-state index contributed by atoms with van der Waals surface area (Å²) < 4.78 is 5.71. The number of hydrogen-bond acceptors (Lipinski definition) is 5. The molecular formula is C18H31NO6. The number of carboxylic acid groups (broad SMARTS) is 2. The van der Waals surface area contributed by atoms with Crippen LogP contribution in [0.15, 0.2) is 12.2 Å². The van der Waals surface area contributed by atoms with Crippen molar-refractivity contribution in [3.05, 3.63) is 12.2 Å². The SMILES string of the molecule is O=C(O)/C=C\C(=O)O.OC(CNC1CCCCC1)COC1CCCC1. The minimum atomic E-state index is -1.26. The van der Waals surface area contributed by atoms with Crippen LogP contribution in [-0.4, -0.2) is 58.7 Å². The number of nitrogens with one attached hydrogen (secondary N) is 1. The maximum Gasteiger partial charge on any atom is 0.328 e. The summed E-state index contributed by atoms with van der Waals surface area (Å²) in [5, 5.41) is 28.9. The molecule has 2 aliphatic carbocycles. The summed E-state index contributed by atoms with van der Waals surface area (Å²) >= 11 is 0. The molecule has 1 atom stereocenters. The quantitative estimate of drug-likeness (QED) is 0.491. The zero-order chi connectivity index (χ0) is 18.5. The van der Waals surface area contributed by atoms with Crippen LogP contribution >= 0.6 is 0 Å². The fraction of sp³-hybridized carbons (Fsp3) is 0.778. The lowest BCUT2D eigenvalue weighted by molar-refractivity contribution is -0.134. The van der Waals surface area contributed by atoms with Gasteiger partial charge in [0.2, 0.25) is 0 Å². The summed E-state index contributed by atoms with van der Waals surface area (Å²) in [5.74, 6) is -2.51. The lowest BCUT2D eigenvalue weighted by Gasteiger charge is -2.24. The maximum atomic E-state index is 9.85. The van der Waals surface area contributed by atoms with Crippen LogP contribution in [0, 0.1) is 0 Å². The topological polar surface area (TPSA) is 116 Å². The van der Waals surface area contributed by atoms with E-state index in [0.29, 0.717) is 37.4 Å². The predicted molar refractivity (Wildman–Crippen MR) is 93.5 cm³/mol. The van der Waals surface area contributed by atoms with E-state index in [0.717, 1.165) is 0 Å². The molecule has 2 saturated carbocycles. The first-order chi connectivity index (χ1) is 12.0. The van der Waals surface area contributed by atoms with E-state index in [2.05, 4.69) is 5.32 Å². The predicted octanol–water partition coefficient (Wildman–Crippen LogP) is 1.94. The Morgan fingerprint density at radius 2 is 1.48 bits per heavy atom. The molecule has 0 aliphatic heterocycles. The molecule has 2 fully saturated rings. The Morgan fingerprint density at radius 1 is 0.960 bits per heavy atom. The van der Waals surface area contributed by atoms with Gasteiger partial charge < -0.3 is 25.4 Å². The van der Waals surface area contributed by atoms with Crippen LogP contribution in [0.1, 0.15) is 57.8 Å². The van der Waals surface area contributed by atoms with Crippen molar-refractivity contribution in [2.24, 2.45) is 0 Å². The van der Waals surface area contributed by atoms with Gasteiger partial charge in [-0.2, -0.15) is 0 Å². The van der Waals surface area contributed by atoms with Crippen molar-refractivity contribution in [2.75, 3.05) is 13.2 Å². The molecule has 0 aromatic rings. The van der Waals surface area contributed by atoms with Crippen molar-refractivity contribution in [1.29, 1.82) is 0 Å². The molecule has 0 amide bonds. The highest BCUT2D eigenvalue weighted by Gasteiger charge is 2.18. The number of carboxylic acids is 2. The smallest absolute Gasteiger partial charge is 0.328 e. The highest BCUT2D eigenvalue weighted by atomic mass is 16.5. The molecule has 7 heteroatoms. The summed E-state index contributed by atoms with van der Waals surface area (Å²) in [6, 6.07) is 0.630. The van der Waals surface area contributed by atoms with Gasteiger partial charge in [-0.15, -0.1) is 0 Å². The van der Waals surface area contributed by atoms with E-state index in [4.69, 9.17) is 14.9 Å². The van der Waals surface area contributed by atoms with Gasteiger partial charge in [-0.05, 0) is 25.7 Å². The molecule has 0 aromatic heterocycles. The third kappa shape index (κ3) is 11.7. The van der Waals surface area contributed by atoms with Gasteiger partial charge in [0, 0.05) is 24.7 Å². The standard InChI is InChI=1S/C14H27NO2.C4H4O4/c16-13(11-17-14-8-4-5-9-14)10-15-12-6-2-1-3-7-12;5-3(6)1-2-4(7)8/h12-16H,1-11H2;1-2H,(H,5,6)(H,7,8)/b;2-1-. The number of aliphatic hydroxyl groups is 1. The van der Waals surface area contributed by atoms with E-state index in [-0.39, 0.29) is 6.10 Å². The molecule has 0 spiro atoms. The first-order valence-corrected chi connectivity index (χ1v) is 9.14. The largest absolute Gasteiger partial charge is 0.478 e. The van der Waals surface area contributed by atoms with Crippen LogP contribution in [-0.2, 0) is 14.3 Å². The third-order valence-electron chi connectivity index (χ3n) is 4.44. The van der Waals surface area contributed by atoms with Crippen molar-refractivity contribution >= 4 is 11.9 Å². The molecule has 7 nitrogen and oxygen atoms in total. The highest BCUT2D eigenvalue weighted by Crippen LogP contribution is 2.21. The molecule has 0 radical (unpaired) electrons. The van der Waals surface area contributed by atoms with Crippen LogP contribution in [0.3, 0.4) is 0 Å². The van der Waals surface area contributed by atoms with Crippen LogP contribution < -0.4 is 5.32 Å². The number of rotatable bonds is 8. The van der Waals surface area contributed by atoms with Crippen LogP contribution in [0.2, 0.25) is 0 Å². The summed E-state index contributed by atoms with van der Waals surface area (Å²) in [6.07, 6.45) is 12.8. The minimum Gasteiger partial charge on any atom is -0.478 e. The molecule has 0 bridgehead atoms. The van der Waals surface area contributed by atoms with Gasteiger partial charge in [-0.3, -0.25) is 0 Å². The summed E-state index contributed by atoms with van der Waals surface area (Å²) in [6.45, 7) is 1.20. The molecule has 0 saturated heterocycles. The monoisotopic (exact) mass is 357 g/mol. The van der Waals surface area contributed by atoms with Crippen molar-refractivity contribution in [3.63, 3.8) is 0 Å². The van der Waals surface area contributed by atoms with Crippen molar-refractivity contribution < 1.29 is 29.6 Å². The average molecular weight is 357 g/mol. The molecule has 144 valence electrons. The second-order valence-electron chi connectivity index (χ2n) is 6.65. The summed E-state index contributed by atoms with van der Waals surface area (Å²) in [7, 11) is 0. The molecule has 0 heterocycles. The Morgan fingerprint density at radius 3 is 2.00 bits per heavy atom. The second kappa shape index (κ2) is 12.9. The first-order valence-electron chi connectivity index (χ1n) is 9.14. The van der Waals surface area contributed by atoms with Crippen molar-refractivity contribution in [1.82, 2.24) is 5.32 Å². The number of ether oxygens (including phenoxy) is 1. The zero-order valence-corrected chi connectivity index (χ0v) is 14.7. The van der Waals surface area contributed by atoms with E-state index >= 15 is 0 Å². The van der Waals surface area contributed by atoms with Gasteiger partial charge in [0.15, 0.2) is 0 Å². The molecular weight excluding hydrogens is 326 g/mol. The molecule has 2 rings (SSSR count). The third-order valence-corrected chi connectivity index (χ3v) is 4.44. The van der Waals surface area contributed by atoms with Gasteiger partial charge >= 0.3 is 11.9 Å². The fourth-order valence-corrected chi connectivity index (χ4v) is 3.11. The first kappa shape index (κ1) is 21.6. The van der Waals surface area contributed by atoms with Crippen LogP contribution in [0.4, 0.5) is 0 Å². The van der Waals surface area contributed by atoms with E-state index in [1.54, 1.807) is 0 Å². The number of aliphatic carboxylic acids is 2. The molecule has 25 heavy (non-hydrogen) atoms. The Hall–Kier alpha value is -1.44. The highest BCUT2D eigenvalue weighted by molar-refractivity contribution is 5.89. The van der Waals surface area contributed by atoms with Crippen LogP contribution in [0.5, 0.6) is 0 Å². The fourth-order valence-electron chi connectivity index (χ4n) is 3.11. The van der Waals surface area contributed by atoms with E-state index in [1.165, 1.54) is 57.8 Å². The number of aliphatic hydroxyl groups excluding tert-OH is 1. The van der Waals surface area contributed by atoms with Gasteiger partial charge in [0.05, 0.1) is 18.8 Å². The van der Waals surface area contributed by atoms with Gasteiger partial charge in [-0.1, -0.05) is 32.1 Å². The number of hydrogen-bond donors (Lipinski definition) is 4. The van der Waals surface area contributed by atoms with Crippen molar-refractivity contribution in [2.45, 2.75) is 76.0 Å². The van der Waals surface area contributed by atoms with Gasteiger partial charge in [0.1, 0.15) is 0 Å². The lowest BCUT2D eigenvalue weighted by Crippen LogP contribution is -2.38. The van der Waals surface area contributed by atoms with Gasteiger partial charge in [0.25, 0.3) is 0 Å². The van der Waals surface area contributed by atoms with Crippen LogP contribution in [0.25, 0.3) is 0 Å². The Bertz CT molecular complexity index is 398. The summed E-state index contributed by atoms with van der Waals surface area (Å²) in [4.78, 5) is 19.1. The normalized spacial score (nSPS) is 20.2.